The minimum absolute atomic E-state index is 0.0294. The van der Waals surface area contributed by atoms with Gasteiger partial charge in [0.1, 0.15) is 4.90 Å². The summed E-state index contributed by atoms with van der Waals surface area (Å²) < 4.78 is 69.7. The average molecular weight is 392 g/mol. The van der Waals surface area contributed by atoms with Crippen molar-refractivity contribution in [2.45, 2.75) is 18.0 Å². The van der Waals surface area contributed by atoms with E-state index in [-0.39, 0.29) is 16.0 Å². The van der Waals surface area contributed by atoms with Gasteiger partial charge in [-0.05, 0) is 6.92 Å². The summed E-state index contributed by atoms with van der Waals surface area (Å²) in [6.07, 6.45) is -3.94. The molecule has 4 heterocycles. The monoisotopic (exact) mass is 392 g/mol. The lowest BCUT2D eigenvalue weighted by atomic mass is 9.74. The minimum Gasteiger partial charge on any atom is -0.381 e. The first-order valence-electron chi connectivity index (χ1n) is 8.30. The van der Waals surface area contributed by atoms with Crippen LogP contribution in [0, 0.1) is 18.3 Å². The van der Waals surface area contributed by atoms with Crippen molar-refractivity contribution in [2.24, 2.45) is 11.3 Å². The Hall–Kier alpha value is -1.30. The number of hydrogen-bond donors (Lipinski definition) is 0. The van der Waals surface area contributed by atoms with E-state index in [0.29, 0.717) is 19.0 Å². The van der Waals surface area contributed by atoms with E-state index in [0.717, 1.165) is 39.0 Å². The van der Waals surface area contributed by atoms with Crippen molar-refractivity contribution in [1.29, 1.82) is 0 Å². The van der Waals surface area contributed by atoms with Crippen molar-refractivity contribution in [2.75, 3.05) is 45.9 Å². The van der Waals surface area contributed by atoms with Crippen molar-refractivity contribution in [3.8, 4) is 0 Å². The summed E-state index contributed by atoms with van der Waals surface area (Å²) in [5, 5.41) is 0. The van der Waals surface area contributed by atoms with Gasteiger partial charge >= 0.3 is 6.18 Å². The van der Waals surface area contributed by atoms with Crippen LogP contribution in [0.1, 0.15) is 11.5 Å². The molecule has 0 radical (unpaired) electrons. The molecule has 0 amide bonds. The maximum atomic E-state index is 12.7. The van der Waals surface area contributed by atoms with Gasteiger partial charge in [-0.2, -0.15) is 17.5 Å². The lowest BCUT2D eigenvalue weighted by molar-refractivity contribution is -0.145. The maximum absolute atomic E-state index is 12.7. The normalized spacial score (nSPS) is 24.2. The van der Waals surface area contributed by atoms with E-state index in [1.54, 1.807) is 0 Å². The molecule has 1 spiro atoms. The Labute approximate surface area is 149 Å². The van der Waals surface area contributed by atoms with Crippen LogP contribution in [0.4, 0.5) is 13.2 Å². The number of aryl methyl sites for hydroxylation is 1. The van der Waals surface area contributed by atoms with Crippen LogP contribution in [0.5, 0.6) is 0 Å². The van der Waals surface area contributed by atoms with Crippen LogP contribution in [-0.4, -0.2) is 73.5 Å². The molecule has 0 unspecified atom stereocenters. The molecule has 7 nitrogen and oxygen atoms in total. The van der Waals surface area contributed by atoms with E-state index in [9.17, 15) is 21.6 Å². The Kier molecular flexibility index (Phi) is 4.07. The molecule has 0 saturated carbocycles. The highest BCUT2D eigenvalue weighted by atomic mass is 32.2. The zero-order chi connectivity index (χ0) is 18.7. The average Bonchev–Trinajstić information content (AvgIpc) is 2.40. The SMILES string of the molecule is Cc1nc(C(F)(F)F)ncc1S(=O)(=O)N1CC2(CN(CC3COC3)C2)C1. The molecule has 1 aromatic rings. The Morgan fingerprint density at radius 2 is 1.92 bits per heavy atom. The molecule has 3 aliphatic rings. The first kappa shape index (κ1) is 18.1. The molecule has 0 aromatic carbocycles. The molecule has 3 aliphatic heterocycles. The van der Waals surface area contributed by atoms with Crippen LogP contribution < -0.4 is 0 Å². The quantitative estimate of drug-likeness (QED) is 0.753. The van der Waals surface area contributed by atoms with Crippen LogP contribution in [0.15, 0.2) is 11.1 Å². The second kappa shape index (κ2) is 5.85. The largest absolute Gasteiger partial charge is 0.451 e. The van der Waals surface area contributed by atoms with Gasteiger partial charge in [0.15, 0.2) is 0 Å². The van der Waals surface area contributed by atoms with Crippen molar-refractivity contribution in [3.63, 3.8) is 0 Å². The van der Waals surface area contributed by atoms with Crippen LogP contribution >= 0.6 is 0 Å². The molecule has 3 saturated heterocycles. The highest BCUT2D eigenvalue weighted by Crippen LogP contribution is 2.43. The lowest BCUT2D eigenvalue weighted by Crippen LogP contribution is -2.73. The van der Waals surface area contributed by atoms with Crippen LogP contribution in [0.3, 0.4) is 0 Å². The summed E-state index contributed by atoms with van der Waals surface area (Å²) in [4.78, 5) is 8.54. The predicted octanol–water partition coefficient (Wildman–Crippen LogP) is 0.757. The van der Waals surface area contributed by atoms with E-state index in [2.05, 4.69) is 14.9 Å². The first-order chi connectivity index (χ1) is 12.1. The molecule has 1 aromatic heterocycles. The van der Waals surface area contributed by atoms with Gasteiger partial charge in [0.05, 0.1) is 25.1 Å². The number of halogens is 3. The highest BCUT2D eigenvalue weighted by molar-refractivity contribution is 7.89. The Balaban J connectivity index is 1.40. The Bertz CT molecular complexity index is 812. The number of nitrogens with zero attached hydrogens (tertiary/aromatic N) is 4. The second-order valence-electron chi connectivity index (χ2n) is 7.49. The van der Waals surface area contributed by atoms with Gasteiger partial charge in [-0.3, -0.25) is 0 Å². The van der Waals surface area contributed by atoms with Crippen molar-refractivity contribution < 1.29 is 26.3 Å². The number of ether oxygens (including phenoxy) is 1. The number of rotatable bonds is 4. The van der Waals surface area contributed by atoms with Crippen LogP contribution in [0.2, 0.25) is 0 Å². The maximum Gasteiger partial charge on any atom is 0.451 e. The van der Waals surface area contributed by atoms with Gasteiger partial charge in [-0.25, -0.2) is 18.4 Å². The number of aromatic nitrogens is 2. The standard InChI is InChI=1S/C15H19F3N4O3S/c1-10-12(2-19-13(20-10)15(16,17)18)26(23,24)22-8-14(9-22)6-21(7-14)3-11-4-25-5-11/h2,11H,3-9H2,1H3. The topological polar surface area (TPSA) is 75.6 Å². The third-order valence-electron chi connectivity index (χ3n) is 5.17. The van der Waals surface area contributed by atoms with Gasteiger partial charge < -0.3 is 9.64 Å². The minimum atomic E-state index is -4.70. The Morgan fingerprint density at radius 3 is 2.42 bits per heavy atom. The third-order valence-corrected chi connectivity index (χ3v) is 7.07. The first-order valence-corrected chi connectivity index (χ1v) is 9.74. The number of sulfonamides is 1. The summed E-state index contributed by atoms with van der Waals surface area (Å²) in [5.41, 5.74) is -0.216. The zero-order valence-electron chi connectivity index (χ0n) is 14.2. The van der Waals surface area contributed by atoms with Gasteiger partial charge in [0, 0.05) is 44.1 Å². The molecular formula is C15H19F3N4O3S. The Morgan fingerprint density at radius 1 is 1.27 bits per heavy atom. The molecular weight excluding hydrogens is 373 g/mol. The summed E-state index contributed by atoms with van der Waals surface area (Å²) >= 11 is 0. The number of likely N-dealkylation sites (tertiary alicyclic amines) is 1. The molecule has 0 N–H and O–H groups in total. The zero-order valence-corrected chi connectivity index (χ0v) is 15.0. The summed E-state index contributed by atoms with van der Waals surface area (Å²) in [6, 6.07) is 0. The smallest absolute Gasteiger partial charge is 0.381 e. The van der Waals surface area contributed by atoms with Crippen molar-refractivity contribution in [1.82, 2.24) is 19.2 Å². The van der Waals surface area contributed by atoms with Crippen LogP contribution in [0.25, 0.3) is 0 Å². The summed E-state index contributed by atoms with van der Waals surface area (Å²) in [6.45, 7) is 6.26. The van der Waals surface area contributed by atoms with E-state index in [1.165, 1.54) is 11.2 Å². The fraction of sp³-hybridized carbons (Fsp3) is 0.733. The van der Waals surface area contributed by atoms with Gasteiger partial charge in [-0.15, -0.1) is 0 Å². The molecule has 4 rings (SSSR count). The highest BCUT2D eigenvalue weighted by Gasteiger charge is 2.55. The van der Waals surface area contributed by atoms with Gasteiger partial charge in [-0.1, -0.05) is 0 Å². The van der Waals surface area contributed by atoms with Crippen LogP contribution in [-0.2, 0) is 20.9 Å². The van der Waals surface area contributed by atoms with Gasteiger partial charge in [0.2, 0.25) is 15.8 Å². The fourth-order valence-corrected chi connectivity index (χ4v) is 5.61. The molecule has 3 fully saturated rings. The summed E-state index contributed by atoms with van der Waals surface area (Å²) in [7, 11) is -3.87. The molecule has 0 bridgehead atoms. The lowest BCUT2D eigenvalue weighted by Gasteiger charge is -2.60. The predicted molar refractivity (Wildman–Crippen MR) is 83.7 cm³/mol. The van der Waals surface area contributed by atoms with E-state index in [1.807, 2.05) is 0 Å². The molecule has 11 heteroatoms. The molecule has 144 valence electrons. The second-order valence-corrected chi connectivity index (χ2v) is 9.39. The van der Waals surface area contributed by atoms with Crippen molar-refractivity contribution in [3.05, 3.63) is 17.7 Å². The van der Waals surface area contributed by atoms with Gasteiger partial charge in [0.25, 0.3) is 0 Å². The number of hydrogen-bond acceptors (Lipinski definition) is 6. The summed E-state index contributed by atoms with van der Waals surface area (Å²) in [5.74, 6) is -0.761. The van der Waals surface area contributed by atoms with E-state index >= 15 is 0 Å². The third kappa shape index (κ3) is 3.00. The molecule has 0 atom stereocenters. The fourth-order valence-electron chi connectivity index (χ4n) is 3.84. The van der Waals surface area contributed by atoms with Crippen molar-refractivity contribution >= 4 is 10.0 Å². The van der Waals surface area contributed by atoms with E-state index in [4.69, 9.17) is 4.74 Å². The molecule has 0 aliphatic carbocycles. The van der Waals surface area contributed by atoms with E-state index < -0.39 is 22.0 Å². The number of alkyl halides is 3. The molecule has 26 heavy (non-hydrogen) atoms.